The third-order valence-corrected chi connectivity index (χ3v) is 6.13. The van der Waals surface area contributed by atoms with Crippen LogP contribution in [0.3, 0.4) is 0 Å². The molecule has 0 unspecified atom stereocenters. The second-order valence-electron chi connectivity index (χ2n) is 8.04. The molecule has 4 rings (SSSR count). The lowest BCUT2D eigenvalue weighted by Crippen LogP contribution is -2.49. The Morgan fingerprint density at radius 1 is 0.909 bits per heavy atom. The van der Waals surface area contributed by atoms with Crippen LogP contribution in [0, 0.1) is 32.1 Å². The minimum Gasteiger partial charge on any atom is -0.272 e. The minimum absolute atomic E-state index is 0.00894. The largest absolute Gasteiger partial charge is 0.274 e. The summed E-state index contributed by atoms with van der Waals surface area (Å²) in [5.74, 6) is -2.81. The number of amides is 3. The van der Waals surface area contributed by atoms with Crippen molar-refractivity contribution < 1.29 is 24.2 Å². The number of hydrogen-bond acceptors (Lipinski definition) is 7. The highest BCUT2D eigenvalue weighted by molar-refractivity contribution is 6.07. The number of imide groups is 1. The molecule has 33 heavy (non-hydrogen) atoms. The number of rotatable bonds is 6. The molecular formula is C22H20N4O7. The van der Waals surface area contributed by atoms with Gasteiger partial charge in [-0.1, -0.05) is 31.0 Å². The monoisotopic (exact) mass is 452 g/mol. The molecule has 0 aromatic heterocycles. The first kappa shape index (κ1) is 22.1. The third-order valence-electron chi connectivity index (χ3n) is 6.13. The summed E-state index contributed by atoms with van der Waals surface area (Å²) in [4.78, 5) is 61.0. The molecule has 0 bridgehead atoms. The SMILES string of the molecule is O=C(c1ccc([N+](=O)[O-])cc1)N(Cc1ccccc1[N+](=O)[O-])N1C(=O)[C@@H]2CCCC[C@H]2C1=O. The zero-order chi connectivity index (χ0) is 23.7. The predicted molar refractivity (Wildman–Crippen MR) is 113 cm³/mol. The number of non-ortho nitro benzene ring substituents is 1. The lowest BCUT2D eigenvalue weighted by atomic mass is 9.81. The van der Waals surface area contributed by atoms with Crippen molar-refractivity contribution in [2.75, 3.05) is 0 Å². The molecule has 2 atom stereocenters. The Morgan fingerprint density at radius 2 is 1.48 bits per heavy atom. The van der Waals surface area contributed by atoms with E-state index >= 15 is 0 Å². The van der Waals surface area contributed by atoms with Gasteiger partial charge >= 0.3 is 0 Å². The van der Waals surface area contributed by atoms with Crippen LogP contribution in [0.15, 0.2) is 48.5 Å². The molecular weight excluding hydrogens is 432 g/mol. The minimum atomic E-state index is -0.761. The van der Waals surface area contributed by atoms with Crippen LogP contribution in [0.2, 0.25) is 0 Å². The number of nitro groups is 2. The van der Waals surface area contributed by atoms with Crippen molar-refractivity contribution >= 4 is 29.1 Å². The van der Waals surface area contributed by atoms with Gasteiger partial charge in [0.15, 0.2) is 0 Å². The van der Waals surface area contributed by atoms with Gasteiger partial charge < -0.3 is 0 Å². The first-order valence-electron chi connectivity index (χ1n) is 10.5. The van der Waals surface area contributed by atoms with Crippen molar-refractivity contribution in [1.82, 2.24) is 10.0 Å². The van der Waals surface area contributed by atoms with E-state index < -0.39 is 39.4 Å². The predicted octanol–water partition coefficient (Wildman–Crippen LogP) is 3.24. The number of fused-ring (bicyclic) bond motifs is 1. The first-order valence-corrected chi connectivity index (χ1v) is 10.5. The maximum absolute atomic E-state index is 13.4. The van der Waals surface area contributed by atoms with Crippen molar-refractivity contribution in [3.05, 3.63) is 79.9 Å². The van der Waals surface area contributed by atoms with E-state index in [9.17, 15) is 34.6 Å². The van der Waals surface area contributed by atoms with E-state index in [2.05, 4.69) is 0 Å². The van der Waals surface area contributed by atoms with Gasteiger partial charge in [0.2, 0.25) is 0 Å². The van der Waals surface area contributed by atoms with Crippen LogP contribution in [0.4, 0.5) is 11.4 Å². The fourth-order valence-electron chi connectivity index (χ4n) is 4.47. The number of hydrogen-bond donors (Lipinski definition) is 0. The van der Waals surface area contributed by atoms with Crippen LogP contribution in [-0.2, 0) is 16.1 Å². The van der Waals surface area contributed by atoms with E-state index in [1.165, 1.54) is 30.3 Å². The van der Waals surface area contributed by atoms with E-state index in [4.69, 9.17) is 0 Å². The molecule has 2 aromatic carbocycles. The standard InChI is InChI=1S/C22H20N4O7/c27-20(14-9-11-16(12-10-14)25(30)31)23(13-15-5-1-4-8-19(15)26(32)33)24-21(28)17-6-2-3-7-18(17)22(24)29/h1,4-5,8-12,17-18H,2-3,6-7,13H2/t17-,18-/m1/s1. The van der Waals surface area contributed by atoms with Gasteiger partial charge in [-0.3, -0.25) is 34.6 Å². The highest BCUT2D eigenvalue weighted by Gasteiger charge is 2.51. The zero-order valence-electron chi connectivity index (χ0n) is 17.5. The van der Waals surface area contributed by atoms with Gasteiger partial charge in [-0.25, -0.2) is 5.01 Å². The molecule has 170 valence electrons. The van der Waals surface area contributed by atoms with E-state index in [-0.39, 0.29) is 29.0 Å². The number of nitro benzene ring substituents is 2. The Bertz CT molecular complexity index is 1120. The maximum Gasteiger partial charge on any atom is 0.274 e. The Balaban J connectivity index is 1.75. The van der Waals surface area contributed by atoms with Crippen LogP contribution in [0.25, 0.3) is 0 Å². The second kappa shape index (κ2) is 8.77. The van der Waals surface area contributed by atoms with Crippen molar-refractivity contribution in [3.63, 3.8) is 0 Å². The highest BCUT2D eigenvalue weighted by Crippen LogP contribution is 2.39. The molecule has 1 aliphatic carbocycles. The second-order valence-corrected chi connectivity index (χ2v) is 8.04. The van der Waals surface area contributed by atoms with Gasteiger partial charge in [-0.05, 0) is 25.0 Å². The molecule has 3 amide bonds. The molecule has 1 heterocycles. The summed E-state index contributed by atoms with van der Waals surface area (Å²) in [6.45, 7) is -0.385. The molecule has 2 fully saturated rings. The third kappa shape index (κ3) is 4.04. The van der Waals surface area contributed by atoms with Gasteiger partial charge in [0.25, 0.3) is 29.1 Å². The first-order chi connectivity index (χ1) is 15.8. The molecule has 11 heteroatoms. The quantitative estimate of drug-likeness (QED) is 0.372. The van der Waals surface area contributed by atoms with Crippen molar-refractivity contribution in [2.24, 2.45) is 11.8 Å². The molecule has 0 N–H and O–H groups in total. The number of nitrogens with zero attached hydrogens (tertiary/aromatic N) is 4. The van der Waals surface area contributed by atoms with E-state index in [0.29, 0.717) is 12.8 Å². The fourth-order valence-corrected chi connectivity index (χ4v) is 4.47. The summed E-state index contributed by atoms with van der Waals surface area (Å²) in [5, 5.41) is 24.2. The molecule has 1 saturated heterocycles. The Morgan fingerprint density at radius 3 is 2.03 bits per heavy atom. The number of benzene rings is 2. The molecule has 1 saturated carbocycles. The van der Waals surface area contributed by atoms with E-state index in [1.807, 2.05) is 0 Å². The van der Waals surface area contributed by atoms with Gasteiger partial charge in [0.05, 0.1) is 33.8 Å². The molecule has 0 spiro atoms. The lowest BCUT2D eigenvalue weighted by Gasteiger charge is -2.30. The van der Waals surface area contributed by atoms with Gasteiger partial charge in [-0.2, -0.15) is 5.01 Å². The van der Waals surface area contributed by atoms with Crippen LogP contribution in [0.5, 0.6) is 0 Å². The van der Waals surface area contributed by atoms with Crippen molar-refractivity contribution in [2.45, 2.75) is 32.2 Å². The van der Waals surface area contributed by atoms with Gasteiger partial charge in [0.1, 0.15) is 0 Å². The summed E-state index contributed by atoms with van der Waals surface area (Å²) in [7, 11) is 0. The number of carbonyl (C=O) groups is 3. The van der Waals surface area contributed by atoms with E-state index in [0.717, 1.165) is 35.0 Å². The summed E-state index contributed by atoms with van der Waals surface area (Å²) in [6.07, 6.45) is 2.68. The number of carbonyl (C=O) groups excluding carboxylic acids is 3. The molecule has 0 radical (unpaired) electrons. The Kier molecular flexibility index (Phi) is 5.86. The zero-order valence-corrected chi connectivity index (χ0v) is 17.5. The average molecular weight is 452 g/mol. The molecule has 1 aliphatic heterocycles. The Labute approximate surface area is 187 Å². The van der Waals surface area contributed by atoms with Crippen LogP contribution in [0.1, 0.15) is 41.6 Å². The normalized spacial score (nSPS) is 19.8. The molecule has 11 nitrogen and oxygen atoms in total. The average Bonchev–Trinajstić information content (AvgIpc) is 3.07. The maximum atomic E-state index is 13.4. The summed E-state index contributed by atoms with van der Waals surface area (Å²) in [6, 6.07) is 10.5. The Hall–Kier alpha value is -4.15. The van der Waals surface area contributed by atoms with Gasteiger partial charge in [0, 0.05) is 23.8 Å². The van der Waals surface area contributed by atoms with E-state index in [1.54, 1.807) is 6.07 Å². The number of para-hydroxylation sites is 1. The van der Waals surface area contributed by atoms with Crippen LogP contribution < -0.4 is 0 Å². The highest BCUT2D eigenvalue weighted by atomic mass is 16.6. The summed E-state index contributed by atoms with van der Waals surface area (Å²) >= 11 is 0. The van der Waals surface area contributed by atoms with Crippen molar-refractivity contribution in [3.8, 4) is 0 Å². The van der Waals surface area contributed by atoms with Gasteiger partial charge in [-0.15, -0.1) is 0 Å². The van der Waals surface area contributed by atoms with Crippen LogP contribution >= 0.6 is 0 Å². The van der Waals surface area contributed by atoms with Crippen molar-refractivity contribution in [1.29, 1.82) is 0 Å². The van der Waals surface area contributed by atoms with Crippen LogP contribution in [-0.4, -0.2) is 37.6 Å². The molecule has 2 aromatic rings. The molecule has 2 aliphatic rings. The fraction of sp³-hybridized carbons (Fsp3) is 0.318. The number of hydrazine groups is 1. The summed E-state index contributed by atoms with van der Waals surface area (Å²) in [5.41, 5.74) is -0.324. The smallest absolute Gasteiger partial charge is 0.272 e. The summed E-state index contributed by atoms with van der Waals surface area (Å²) < 4.78 is 0. The lowest BCUT2D eigenvalue weighted by molar-refractivity contribution is -0.385. The topological polar surface area (TPSA) is 144 Å².